The summed E-state index contributed by atoms with van der Waals surface area (Å²) in [6.07, 6.45) is 3.57. The lowest BCUT2D eigenvalue weighted by Crippen LogP contribution is -2.24. The van der Waals surface area contributed by atoms with Crippen molar-refractivity contribution in [2.75, 3.05) is 6.54 Å². The van der Waals surface area contributed by atoms with E-state index in [4.69, 9.17) is 4.98 Å². The van der Waals surface area contributed by atoms with Gasteiger partial charge in [-0.2, -0.15) is 0 Å². The summed E-state index contributed by atoms with van der Waals surface area (Å²) < 4.78 is 0. The molecule has 0 spiro atoms. The zero-order valence-electron chi connectivity index (χ0n) is 12.1. The third-order valence-corrected chi connectivity index (χ3v) is 4.00. The lowest BCUT2D eigenvalue weighted by atomic mass is 9.87. The third-order valence-electron chi connectivity index (χ3n) is 4.00. The first-order valence-corrected chi connectivity index (χ1v) is 7.25. The van der Waals surface area contributed by atoms with Gasteiger partial charge in [0.1, 0.15) is 5.82 Å². The van der Waals surface area contributed by atoms with Crippen LogP contribution in [0.2, 0.25) is 0 Å². The van der Waals surface area contributed by atoms with Crippen molar-refractivity contribution in [3.8, 4) is 0 Å². The van der Waals surface area contributed by atoms with Crippen molar-refractivity contribution in [3.05, 3.63) is 29.6 Å². The molecule has 1 aliphatic heterocycles. The molecule has 0 aliphatic carbocycles. The highest BCUT2D eigenvalue weighted by atomic mass is 15.0. The van der Waals surface area contributed by atoms with Crippen molar-refractivity contribution in [3.63, 3.8) is 0 Å². The first-order chi connectivity index (χ1) is 9.02. The highest BCUT2D eigenvalue weighted by Crippen LogP contribution is 2.25. The Kier molecular flexibility index (Phi) is 3.09. The fourth-order valence-electron chi connectivity index (χ4n) is 2.79. The van der Waals surface area contributed by atoms with E-state index in [1.165, 1.54) is 23.9 Å². The second kappa shape index (κ2) is 4.64. The molecule has 0 radical (unpaired) electrons. The molecule has 3 heteroatoms. The normalized spacial score (nSPS) is 20.3. The van der Waals surface area contributed by atoms with Gasteiger partial charge in [0.25, 0.3) is 0 Å². The zero-order chi connectivity index (χ0) is 13.5. The van der Waals surface area contributed by atoms with Gasteiger partial charge in [-0.05, 0) is 42.5 Å². The van der Waals surface area contributed by atoms with Gasteiger partial charge < -0.3 is 10.3 Å². The van der Waals surface area contributed by atoms with Crippen molar-refractivity contribution in [1.29, 1.82) is 0 Å². The second-order valence-corrected chi connectivity index (χ2v) is 6.66. The minimum absolute atomic E-state index is 0.187. The molecule has 3 rings (SSSR count). The van der Waals surface area contributed by atoms with E-state index < -0.39 is 0 Å². The largest absolute Gasteiger partial charge is 0.342 e. The quantitative estimate of drug-likeness (QED) is 0.867. The van der Waals surface area contributed by atoms with Crippen molar-refractivity contribution >= 4 is 11.0 Å². The van der Waals surface area contributed by atoms with Crippen molar-refractivity contribution in [2.24, 2.45) is 0 Å². The molecule has 102 valence electrons. The first-order valence-electron chi connectivity index (χ1n) is 7.25. The number of H-pyrrole nitrogens is 1. The predicted octanol–water partition coefficient (Wildman–Crippen LogP) is 3.15. The molecule has 2 aromatic rings. The molecule has 1 fully saturated rings. The van der Waals surface area contributed by atoms with Crippen LogP contribution in [-0.4, -0.2) is 22.6 Å². The average molecular weight is 257 g/mol. The van der Waals surface area contributed by atoms with Crippen LogP contribution in [0.25, 0.3) is 11.0 Å². The van der Waals surface area contributed by atoms with Crippen LogP contribution in [0.4, 0.5) is 0 Å². The number of benzene rings is 1. The van der Waals surface area contributed by atoms with Crippen LogP contribution >= 0.6 is 0 Å². The van der Waals surface area contributed by atoms with Gasteiger partial charge in [-0.25, -0.2) is 4.98 Å². The number of rotatable bonds is 2. The lowest BCUT2D eigenvalue weighted by Gasteiger charge is -2.18. The van der Waals surface area contributed by atoms with Crippen LogP contribution in [0.1, 0.15) is 45.0 Å². The summed E-state index contributed by atoms with van der Waals surface area (Å²) in [5.41, 5.74) is 3.79. The average Bonchev–Trinajstić information content (AvgIpc) is 2.95. The predicted molar refractivity (Wildman–Crippen MR) is 79.5 cm³/mol. The molecular formula is C16H23N3. The fraction of sp³-hybridized carbons (Fsp3) is 0.562. The van der Waals surface area contributed by atoms with Crippen LogP contribution in [0, 0.1) is 0 Å². The number of hydrogen-bond acceptors (Lipinski definition) is 2. The second-order valence-electron chi connectivity index (χ2n) is 6.66. The van der Waals surface area contributed by atoms with Gasteiger partial charge in [-0.15, -0.1) is 0 Å². The Balaban J connectivity index is 1.87. The Morgan fingerprint density at radius 2 is 2.16 bits per heavy atom. The topological polar surface area (TPSA) is 40.7 Å². The number of nitrogens with zero attached hydrogens (tertiary/aromatic N) is 1. The molecule has 0 saturated carbocycles. The van der Waals surface area contributed by atoms with E-state index in [9.17, 15) is 0 Å². The summed E-state index contributed by atoms with van der Waals surface area (Å²) in [7, 11) is 0. The van der Waals surface area contributed by atoms with E-state index >= 15 is 0 Å². The van der Waals surface area contributed by atoms with Crippen molar-refractivity contribution < 1.29 is 0 Å². The SMILES string of the molecule is CC(C)(C)c1ccc2nc(CC3CCCN3)[nH]c2c1. The van der Waals surface area contributed by atoms with Gasteiger partial charge in [-0.3, -0.25) is 0 Å². The van der Waals surface area contributed by atoms with Gasteiger partial charge in [0.05, 0.1) is 11.0 Å². The van der Waals surface area contributed by atoms with Gasteiger partial charge in [0.15, 0.2) is 0 Å². The number of aromatic amines is 1. The summed E-state index contributed by atoms with van der Waals surface area (Å²) >= 11 is 0. The number of nitrogens with one attached hydrogen (secondary N) is 2. The monoisotopic (exact) mass is 257 g/mol. The maximum Gasteiger partial charge on any atom is 0.108 e. The molecule has 1 aromatic carbocycles. The Morgan fingerprint density at radius 1 is 1.32 bits per heavy atom. The van der Waals surface area contributed by atoms with Crippen LogP contribution in [-0.2, 0) is 11.8 Å². The molecule has 1 unspecified atom stereocenters. The molecule has 19 heavy (non-hydrogen) atoms. The molecule has 3 nitrogen and oxygen atoms in total. The van der Waals surface area contributed by atoms with Crippen molar-refractivity contribution in [2.45, 2.75) is 51.5 Å². The smallest absolute Gasteiger partial charge is 0.108 e. The standard InChI is InChI=1S/C16H23N3/c1-16(2,3)11-6-7-13-14(9-11)19-15(18-13)10-12-5-4-8-17-12/h6-7,9,12,17H,4-5,8,10H2,1-3H3,(H,18,19). The molecule has 2 N–H and O–H groups in total. The highest BCUT2D eigenvalue weighted by molar-refractivity contribution is 5.76. The Bertz CT molecular complexity index is 571. The molecule has 1 aliphatic rings. The molecule has 0 bridgehead atoms. The van der Waals surface area contributed by atoms with E-state index in [-0.39, 0.29) is 5.41 Å². The van der Waals surface area contributed by atoms with Gasteiger partial charge >= 0.3 is 0 Å². The molecule has 0 amide bonds. The van der Waals surface area contributed by atoms with E-state index in [0.29, 0.717) is 6.04 Å². The minimum atomic E-state index is 0.187. The summed E-state index contributed by atoms with van der Waals surface area (Å²) in [6.45, 7) is 7.88. The van der Waals surface area contributed by atoms with Crippen LogP contribution in [0.5, 0.6) is 0 Å². The van der Waals surface area contributed by atoms with Crippen LogP contribution in [0.3, 0.4) is 0 Å². The third kappa shape index (κ3) is 2.66. The van der Waals surface area contributed by atoms with Crippen molar-refractivity contribution in [1.82, 2.24) is 15.3 Å². The molecule has 1 saturated heterocycles. The summed E-state index contributed by atoms with van der Waals surface area (Å²) in [5, 5.41) is 3.53. The Hall–Kier alpha value is -1.35. The van der Waals surface area contributed by atoms with Gasteiger partial charge in [0, 0.05) is 12.5 Å². The number of aromatic nitrogens is 2. The maximum absolute atomic E-state index is 4.70. The van der Waals surface area contributed by atoms with Crippen LogP contribution in [0.15, 0.2) is 18.2 Å². The van der Waals surface area contributed by atoms with Gasteiger partial charge in [-0.1, -0.05) is 26.8 Å². The molecule has 2 heterocycles. The first kappa shape index (κ1) is 12.7. The van der Waals surface area contributed by atoms with E-state index in [1.54, 1.807) is 0 Å². The number of fused-ring (bicyclic) bond motifs is 1. The number of imidazole rings is 1. The molecular weight excluding hydrogens is 234 g/mol. The van der Waals surface area contributed by atoms with E-state index in [1.807, 2.05) is 0 Å². The molecule has 1 atom stereocenters. The van der Waals surface area contributed by atoms with Crippen LogP contribution < -0.4 is 5.32 Å². The van der Waals surface area contributed by atoms with Gasteiger partial charge in [0.2, 0.25) is 0 Å². The lowest BCUT2D eigenvalue weighted by molar-refractivity contribution is 0.589. The maximum atomic E-state index is 4.70. The van der Waals surface area contributed by atoms with E-state index in [2.05, 4.69) is 49.3 Å². The summed E-state index contributed by atoms with van der Waals surface area (Å²) in [5.74, 6) is 1.11. The fourth-order valence-corrected chi connectivity index (χ4v) is 2.79. The summed E-state index contributed by atoms with van der Waals surface area (Å²) in [6, 6.07) is 7.18. The summed E-state index contributed by atoms with van der Waals surface area (Å²) in [4.78, 5) is 8.19. The Labute approximate surface area is 114 Å². The minimum Gasteiger partial charge on any atom is -0.342 e. The number of hydrogen-bond donors (Lipinski definition) is 2. The molecule has 1 aromatic heterocycles. The highest BCUT2D eigenvalue weighted by Gasteiger charge is 2.18. The zero-order valence-corrected chi connectivity index (χ0v) is 12.1. The Morgan fingerprint density at radius 3 is 2.84 bits per heavy atom. The van der Waals surface area contributed by atoms with E-state index in [0.717, 1.165) is 24.3 Å².